The molecule has 2 aromatic heterocycles. The lowest BCUT2D eigenvalue weighted by Crippen LogP contribution is -2.33. The predicted molar refractivity (Wildman–Crippen MR) is 138 cm³/mol. The van der Waals surface area contributed by atoms with Gasteiger partial charge in [-0.15, -0.1) is 0 Å². The van der Waals surface area contributed by atoms with Gasteiger partial charge in [-0.1, -0.05) is 44.2 Å². The summed E-state index contributed by atoms with van der Waals surface area (Å²) in [6.45, 7) is 4.97. The van der Waals surface area contributed by atoms with E-state index in [1.54, 1.807) is 63.2 Å². The molecule has 2 aromatic carbocycles. The largest absolute Gasteiger partial charge is 0.416 e. The molecular weight excluding hydrogens is 515 g/mol. The van der Waals surface area contributed by atoms with Gasteiger partial charge in [-0.2, -0.15) is 13.2 Å². The zero-order valence-corrected chi connectivity index (χ0v) is 21.6. The fourth-order valence-electron chi connectivity index (χ4n) is 3.69. The van der Waals surface area contributed by atoms with Gasteiger partial charge in [0.25, 0.3) is 10.0 Å². The first-order valence-electron chi connectivity index (χ1n) is 11.6. The highest BCUT2D eigenvalue weighted by Crippen LogP contribution is 2.32. The number of nitrogens with one attached hydrogen (secondary N) is 1. The van der Waals surface area contributed by atoms with Crippen LogP contribution in [0.5, 0.6) is 0 Å². The van der Waals surface area contributed by atoms with Crippen LogP contribution in [0.25, 0.3) is 33.8 Å². The number of aromatic nitrogens is 2. The molecule has 0 aliphatic rings. The Kier molecular flexibility index (Phi) is 7.37. The molecule has 2 heterocycles. The normalized spacial score (nSPS) is 12.0. The number of carbonyl (C=O) groups is 1. The summed E-state index contributed by atoms with van der Waals surface area (Å²) in [5, 5.41) is 0. The lowest BCUT2D eigenvalue weighted by Gasteiger charge is -2.11. The van der Waals surface area contributed by atoms with Gasteiger partial charge in [-0.3, -0.25) is 9.78 Å². The van der Waals surface area contributed by atoms with E-state index in [-0.39, 0.29) is 4.90 Å². The number of nitrogens with zero attached hydrogens (tertiary/aromatic N) is 2. The second-order valence-corrected chi connectivity index (χ2v) is 10.7. The van der Waals surface area contributed by atoms with Gasteiger partial charge in [-0.25, -0.2) is 18.1 Å². The second kappa shape index (κ2) is 10.4. The van der Waals surface area contributed by atoms with Crippen LogP contribution in [0.2, 0.25) is 0 Å². The number of benzene rings is 2. The first kappa shape index (κ1) is 27.0. The predicted octanol–water partition coefficient (Wildman–Crippen LogP) is 6.27. The standard InChI is InChI=1S/C28H24F3N3O3S/c1-17(2)27(35)34-38(36,37)23-7-4-6-20(15-23)24-8-5-9-25(33-24)26-16-21(14-18(3)32-26)19-10-12-22(13-11-19)28(29,30)31/h4-17H,1-3H3,(H,34,35). The Balaban J connectivity index is 1.68. The SMILES string of the molecule is Cc1cc(-c2ccc(C(F)(F)F)cc2)cc(-c2cccc(-c3cccc(S(=O)(=O)NC(=O)C(C)C)c3)n2)n1. The first-order valence-corrected chi connectivity index (χ1v) is 13.1. The van der Waals surface area contributed by atoms with Gasteiger partial charge < -0.3 is 0 Å². The van der Waals surface area contributed by atoms with Crippen molar-refractivity contribution < 1.29 is 26.4 Å². The maximum absolute atomic E-state index is 13.0. The van der Waals surface area contributed by atoms with Crippen LogP contribution in [0.3, 0.4) is 0 Å². The van der Waals surface area contributed by atoms with E-state index in [1.807, 2.05) is 0 Å². The van der Waals surface area contributed by atoms with Gasteiger partial charge in [0.15, 0.2) is 0 Å². The molecule has 0 saturated carbocycles. The summed E-state index contributed by atoms with van der Waals surface area (Å²) in [6, 6.07) is 19.7. The van der Waals surface area contributed by atoms with Crippen LogP contribution in [-0.2, 0) is 21.0 Å². The van der Waals surface area contributed by atoms with E-state index in [2.05, 4.69) is 14.7 Å². The molecule has 0 saturated heterocycles. The number of aryl methyl sites for hydroxylation is 1. The Morgan fingerprint density at radius 2 is 1.45 bits per heavy atom. The van der Waals surface area contributed by atoms with Crippen LogP contribution in [0.15, 0.2) is 83.8 Å². The van der Waals surface area contributed by atoms with Crippen molar-refractivity contribution in [2.45, 2.75) is 31.8 Å². The van der Waals surface area contributed by atoms with E-state index < -0.39 is 33.6 Å². The van der Waals surface area contributed by atoms with Crippen LogP contribution in [0, 0.1) is 12.8 Å². The molecule has 10 heteroatoms. The monoisotopic (exact) mass is 539 g/mol. The number of hydrogen-bond donors (Lipinski definition) is 1. The Morgan fingerprint density at radius 3 is 2.11 bits per heavy atom. The van der Waals surface area contributed by atoms with Crippen molar-refractivity contribution in [1.29, 1.82) is 0 Å². The molecule has 4 aromatic rings. The van der Waals surface area contributed by atoms with Crippen LogP contribution >= 0.6 is 0 Å². The molecular formula is C28H24F3N3O3S. The zero-order chi connectivity index (χ0) is 27.7. The summed E-state index contributed by atoms with van der Waals surface area (Å²) in [6.07, 6.45) is -4.42. The number of pyridine rings is 2. The fraction of sp³-hybridized carbons (Fsp3) is 0.179. The highest BCUT2D eigenvalue weighted by Gasteiger charge is 2.30. The van der Waals surface area contributed by atoms with Crippen molar-refractivity contribution in [1.82, 2.24) is 14.7 Å². The third-order valence-electron chi connectivity index (χ3n) is 5.71. The van der Waals surface area contributed by atoms with E-state index in [9.17, 15) is 26.4 Å². The van der Waals surface area contributed by atoms with E-state index in [0.717, 1.165) is 12.1 Å². The smallest absolute Gasteiger partial charge is 0.274 e. The molecule has 0 aliphatic carbocycles. The summed E-state index contributed by atoms with van der Waals surface area (Å²) in [5.74, 6) is -1.11. The minimum Gasteiger partial charge on any atom is -0.274 e. The Bertz CT molecular complexity index is 1600. The minimum atomic E-state index is -4.42. The van der Waals surface area contributed by atoms with Gasteiger partial charge >= 0.3 is 6.18 Å². The summed E-state index contributed by atoms with van der Waals surface area (Å²) in [5.41, 5.74) is 3.21. The average molecular weight is 540 g/mol. The molecule has 0 bridgehead atoms. The number of carbonyl (C=O) groups excluding carboxylic acids is 1. The molecule has 0 spiro atoms. The molecule has 0 atom stereocenters. The van der Waals surface area contributed by atoms with Crippen molar-refractivity contribution in [2.75, 3.05) is 0 Å². The Hall–Kier alpha value is -4.05. The topological polar surface area (TPSA) is 89.0 Å². The molecule has 1 amide bonds. The van der Waals surface area contributed by atoms with Gasteiger partial charge in [0, 0.05) is 17.2 Å². The van der Waals surface area contributed by atoms with Crippen molar-refractivity contribution in [2.24, 2.45) is 5.92 Å². The third kappa shape index (κ3) is 6.08. The first-order chi connectivity index (χ1) is 17.8. The lowest BCUT2D eigenvalue weighted by atomic mass is 10.0. The highest BCUT2D eigenvalue weighted by molar-refractivity contribution is 7.90. The molecule has 0 aliphatic heterocycles. The number of amides is 1. The molecule has 0 radical (unpaired) electrons. The third-order valence-corrected chi connectivity index (χ3v) is 7.05. The van der Waals surface area contributed by atoms with E-state index in [1.165, 1.54) is 24.3 Å². The van der Waals surface area contributed by atoms with E-state index in [4.69, 9.17) is 0 Å². The molecule has 4 rings (SSSR count). The zero-order valence-electron chi connectivity index (χ0n) is 20.7. The van der Waals surface area contributed by atoms with Crippen LogP contribution in [0.1, 0.15) is 25.1 Å². The Labute approximate surface area is 218 Å². The van der Waals surface area contributed by atoms with E-state index >= 15 is 0 Å². The number of alkyl halides is 3. The average Bonchev–Trinajstić information content (AvgIpc) is 2.88. The molecule has 0 fully saturated rings. The van der Waals surface area contributed by atoms with Gasteiger partial charge in [-0.05, 0) is 66.6 Å². The summed E-state index contributed by atoms with van der Waals surface area (Å²) < 4.78 is 66.3. The summed E-state index contributed by atoms with van der Waals surface area (Å²) in [4.78, 5) is 21.1. The van der Waals surface area contributed by atoms with Crippen molar-refractivity contribution >= 4 is 15.9 Å². The minimum absolute atomic E-state index is 0.0746. The summed E-state index contributed by atoms with van der Waals surface area (Å²) >= 11 is 0. The summed E-state index contributed by atoms with van der Waals surface area (Å²) in [7, 11) is -4.06. The highest BCUT2D eigenvalue weighted by atomic mass is 32.2. The van der Waals surface area contributed by atoms with Crippen LogP contribution < -0.4 is 4.72 Å². The van der Waals surface area contributed by atoms with E-state index in [0.29, 0.717) is 39.5 Å². The van der Waals surface area contributed by atoms with Crippen molar-refractivity contribution in [3.05, 3.63) is 90.1 Å². The van der Waals surface area contributed by atoms with Crippen molar-refractivity contribution in [3.63, 3.8) is 0 Å². The maximum atomic E-state index is 13.0. The van der Waals surface area contributed by atoms with Crippen LogP contribution in [-0.4, -0.2) is 24.3 Å². The quantitative estimate of drug-likeness (QED) is 0.312. The number of rotatable bonds is 6. The van der Waals surface area contributed by atoms with Gasteiger partial charge in [0.1, 0.15) is 0 Å². The molecule has 38 heavy (non-hydrogen) atoms. The lowest BCUT2D eigenvalue weighted by molar-refractivity contribution is -0.137. The molecule has 6 nitrogen and oxygen atoms in total. The Morgan fingerprint density at radius 1 is 0.789 bits per heavy atom. The van der Waals surface area contributed by atoms with Gasteiger partial charge in [0.2, 0.25) is 5.91 Å². The van der Waals surface area contributed by atoms with Crippen molar-refractivity contribution in [3.8, 4) is 33.8 Å². The number of hydrogen-bond acceptors (Lipinski definition) is 5. The molecule has 1 N–H and O–H groups in total. The fourth-order valence-corrected chi connectivity index (χ4v) is 4.85. The van der Waals surface area contributed by atoms with Crippen LogP contribution in [0.4, 0.5) is 13.2 Å². The molecule has 0 unspecified atom stereocenters. The number of sulfonamides is 1. The number of halogens is 3. The molecule has 196 valence electrons. The maximum Gasteiger partial charge on any atom is 0.416 e. The second-order valence-electron chi connectivity index (χ2n) is 9.02. The van der Waals surface area contributed by atoms with Gasteiger partial charge in [0.05, 0.1) is 27.5 Å².